The summed E-state index contributed by atoms with van der Waals surface area (Å²) in [7, 11) is 1.59. The minimum atomic E-state index is -0.780. The molecule has 3 nitrogen and oxygen atoms in total. The SMILES string of the molecule is C#CCCCC(Cc1ccccc1OC)C(=O)O. The highest BCUT2D eigenvalue weighted by atomic mass is 16.5. The third kappa shape index (κ3) is 4.14. The highest BCUT2D eigenvalue weighted by Gasteiger charge is 2.19. The summed E-state index contributed by atoms with van der Waals surface area (Å²) in [6.07, 6.45) is 7.60. The Morgan fingerprint density at radius 1 is 1.50 bits per heavy atom. The zero-order valence-corrected chi connectivity index (χ0v) is 10.6. The van der Waals surface area contributed by atoms with E-state index in [0.717, 1.165) is 17.7 Å². The van der Waals surface area contributed by atoms with Crippen molar-refractivity contribution >= 4 is 5.97 Å². The first-order valence-corrected chi connectivity index (χ1v) is 5.97. The lowest BCUT2D eigenvalue weighted by atomic mass is 9.94. The van der Waals surface area contributed by atoms with E-state index in [2.05, 4.69) is 5.92 Å². The fourth-order valence-electron chi connectivity index (χ4n) is 1.90. The van der Waals surface area contributed by atoms with Crippen LogP contribution in [0.4, 0.5) is 0 Å². The number of hydrogen-bond donors (Lipinski definition) is 1. The Kier molecular flexibility index (Phi) is 5.79. The number of carboxylic acids is 1. The van der Waals surface area contributed by atoms with E-state index in [-0.39, 0.29) is 0 Å². The summed E-state index contributed by atoms with van der Waals surface area (Å²) < 4.78 is 5.23. The van der Waals surface area contributed by atoms with E-state index in [1.807, 2.05) is 24.3 Å². The third-order valence-corrected chi connectivity index (χ3v) is 2.88. The molecule has 0 radical (unpaired) electrons. The van der Waals surface area contributed by atoms with Crippen molar-refractivity contribution in [3.63, 3.8) is 0 Å². The normalized spacial score (nSPS) is 11.6. The molecule has 0 aliphatic heterocycles. The lowest BCUT2D eigenvalue weighted by molar-refractivity contribution is -0.141. The molecule has 0 heterocycles. The summed E-state index contributed by atoms with van der Waals surface area (Å²) in [6, 6.07) is 7.50. The van der Waals surface area contributed by atoms with Gasteiger partial charge in [0.1, 0.15) is 5.75 Å². The van der Waals surface area contributed by atoms with Crippen LogP contribution in [0, 0.1) is 18.3 Å². The molecule has 0 saturated carbocycles. The van der Waals surface area contributed by atoms with Crippen molar-refractivity contribution in [2.45, 2.75) is 25.7 Å². The maximum absolute atomic E-state index is 11.2. The predicted molar refractivity (Wildman–Crippen MR) is 70.5 cm³/mol. The van der Waals surface area contributed by atoms with Crippen LogP contribution in [0.5, 0.6) is 5.75 Å². The highest BCUT2D eigenvalue weighted by Crippen LogP contribution is 2.23. The number of carbonyl (C=O) groups is 1. The van der Waals surface area contributed by atoms with Crippen LogP contribution in [0.1, 0.15) is 24.8 Å². The largest absolute Gasteiger partial charge is 0.496 e. The molecule has 0 aromatic heterocycles. The van der Waals surface area contributed by atoms with Crippen LogP contribution in [0.15, 0.2) is 24.3 Å². The lowest BCUT2D eigenvalue weighted by Crippen LogP contribution is -2.16. The Morgan fingerprint density at radius 2 is 2.22 bits per heavy atom. The van der Waals surface area contributed by atoms with Gasteiger partial charge in [-0.2, -0.15) is 0 Å². The Hall–Kier alpha value is -1.95. The van der Waals surface area contributed by atoms with Gasteiger partial charge in [-0.15, -0.1) is 12.3 Å². The van der Waals surface area contributed by atoms with Crippen LogP contribution >= 0.6 is 0 Å². The van der Waals surface area contributed by atoms with Crippen molar-refractivity contribution < 1.29 is 14.6 Å². The second kappa shape index (κ2) is 7.39. The van der Waals surface area contributed by atoms with Gasteiger partial charge in [0.25, 0.3) is 0 Å². The van der Waals surface area contributed by atoms with Gasteiger partial charge in [0.2, 0.25) is 0 Å². The van der Waals surface area contributed by atoms with Crippen LogP contribution in [-0.4, -0.2) is 18.2 Å². The number of para-hydroxylation sites is 1. The molecule has 0 aliphatic rings. The van der Waals surface area contributed by atoms with Crippen molar-refractivity contribution in [2.75, 3.05) is 7.11 Å². The molecule has 0 amide bonds. The molecule has 1 aromatic rings. The van der Waals surface area contributed by atoms with Crippen molar-refractivity contribution in [3.05, 3.63) is 29.8 Å². The zero-order valence-electron chi connectivity index (χ0n) is 10.6. The van der Waals surface area contributed by atoms with E-state index in [4.69, 9.17) is 11.2 Å². The maximum Gasteiger partial charge on any atom is 0.306 e. The molecule has 1 unspecified atom stereocenters. The van der Waals surface area contributed by atoms with Crippen LogP contribution in [0.3, 0.4) is 0 Å². The van der Waals surface area contributed by atoms with Gasteiger partial charge in [-0.3, -0.25) is 4.79 Å². The molecule has 1 aromatic carbocycles. The fourth-order valence-corrected chi connectivity index (χ4v) is 1.90. The average molecular weight is 246 g/mol. The van der Waals surface area contributed by atoms with Crippen molar-refractivity contribution in [2.24, 2.45) is 5.92 Å². The third-order valence-electron chi connectivity index (χ3n) is 2.88. The van der Waals surface area contributed by atoms with Gasteiger partial charge in [0, 0.05) is 6.42 Å². The second-order valence-corrected chi connectivity index (χ2v) is 4.15. The first-order chi connectivity index (χ1) is 8.69. The molecular weight excluding hydrogens is 228 g/mol. The first-order valence-electron chi connectivity index (χ1n) is 5.97. The molecule has 0 aliphatic carbocycles. The number of rotatable bonds is 7. The number of ether oxygens (including phenoxy) is 1. The van der Waals surface area contributed by atoms with E-state index in [1.54, 1.807) is 7.11 Å². The number of hydrogen-bond acceptors (Lipinski definition) is 2. The van der Waals surface area contributed by atoms with E-state index in [1.165, 1.54) is 0 Å². The standard InChI is InChI=1S/C15H18O3/c1-3-4-5-9-13(15(16)17)11-12-8-6-7-10-14(12)18-2/h1,6-8,10,13H,4-5,9,11H2,2H3,(H,16,17). The summed E-state index contributed by atoms with van der Waals surface area (Å²) >= 11 is 0. The fraction of sp³-hybridized carbons (Fsp3) is 0.400. The Balaban J connectivity index is 2.71. The van der Waals surface area contributed by atoms with E-state index < -0.39 is 11.9 Å². The van der Waals surface area contributed by atoms with Gasteiger partial charge in [-0.25, -0.2) is 0 Å². The lowest BCUT2D eigenvalue weighted by Gasteiger charge is -2.14. The second-order valence-electron chi connectivity index (χ2n) is 4.15. The van der Waals surface area contributed by atoms with Crippen LogP contribution < -0.4 is 4.74 Å². The topological polar surface area (TPSA) is 46.5 Å². The minimum absolute atomic E-state index is 0.408. The number of aliphatic carboxylic acids is 1. The molecular formula is C15H18O3. The minimum Gasteiger partial charge on any atom is -0.496 e. The van der Waals surface area contributed by atoms with Gasteiger partial charge in [0.15, 0.2) is 0 Å². The summed E-state index contributed by atoms with van der Waals surface area (Å²) in [5, 5.41) is 9.21. The van der Waals surface area contributed by atoms with E-state index in [9.17, 15) is 9.90 Å². The monoisotopic (exact) mass is 246 g/mol. The predicted octanol–water partition coefficient (Wildman–Crippen LogP) is 2.74. The molecule has 1 atom stereocenters. The van der Waals surface area contributed by atoms with Crippen LogP contribution in [0.2, 0.25) is 0 Å². The first kappa shape index (κ1) is 14.1. The van der Waals surface area contributed by atoms with Gasteiger partial charge in [0.05, 0.1) is 13.0 Å². The maximum atomic E-state index is 11.2. The smallest absolute Gasteiger partial charge is 0.306 e. The number of benzene rings is 1. The average Bonchev–Trinajstić information content (AvgIpc) is 2.38. The highest BCUT2D eigenvalue weighted by molar-refractivity contribution is 5.70. The molecule has 1 N–H and O–H groups in total. The van der Waals surface area contributed by atoms with E-state index >= 15 is 0 Å². The Labute approximate surface area is 108 Å². The van der Waals surface area contributed by atoms with Gasteiger partial charge < -0.3 is 9.84 Å². The Bertz CT molecular complexity index is 432. The molecule has 1 rings (SSSR count). The summed E-state index contributed by atoms with van der Waals surface area (Å²) in [5.74, 6) is 2.08. The summed E-state index contributed by atoms with van der Waals surface area (Å²) in [5.41, 5.74) is 0.924. The van der Waals surface area contributed by atoms with E-state index in [0.29, 0.717) is 19.3 Å². The molecule has 0 spiro atoms. The number of carboxylic acid groups (broad SMARTS) is 1. The van der Waals surface area contributed by atoms with Crippen LogP contribution in [0.25, 0.3) is 0 Å². The molecule has 18 heavy (non-hydrogen) atoms. The number of unbranched alkanes of at least 4 members (excludes halogenated alkanes) is 1. The molecule has 96 valence electrons. The van der Waals surface area contributed by atoms with Crippen molar-refractivity contribution in [3.8, 4) is 18.1 Å². The molecule has 0 saturated heterocycles. The van der Waals surface area contributed by atoms with Crippen molar-refractivity contribution in [1.29, 1.82) is 0 Å². The van der Waals surface area contributed by atoms with Crippen LogP contribution in [-0.2, 0) is 11.2 Å². The molecule has 0 fully saturated rings. The number of terminal acetylenes is 1. The van der Waals surface area contributed by atoms with Gasteiger partial charge in [-0.1, -0.05) is 18.2 Å². The van der Waals surface area contributed by atoms with Gasteiger partial charge in [-0.05, 0) is 30.9 Å². The summed E-state index contributed by atoms with van der Waals surface area (Å²) in [4.78, 5) is 11.2. The zero-order chi connectivity index (χ0) is 13.4. The van der Waals surface area contributed by atoms with Gasteiger partial charge >= 0.3 is 5.97 Å². The summed E-state index contributed by atoms with van der Waals surface area (Å²) in [6.45, 7) is 0. The molecule has 3 heteroatoms. The van der Waals surface area contributed by atoms with Crippen molar-refractivity contribution in [1.82, 2.24) is 0 Å². The Morgan fingerprint density at radius 3 is 2.83 bits per heavy atom. The molecule has 0 bridgehead atoms. The quantitative estimate of drug-likeness (QED) is 0.594. The number of methoxy groups -OCH3 is 1.